The van der Waals surface area contributed by atoms with Crippen LogP contribution in [0, 0.1) is 13.8 Å². The van der Waals surface area contributed by atoms with E-state index >= 15 is 0 Å². The normalized spacial score (nSPS) is 10.9. The lowest BCUT2D eigenvalue weighted by atomic mass is 10.2. The fourth-order valence-electron chi connectivity index (χ4n) is 2.22. The second kappa shape index (κ2) is 5.69. The number of aromatic nitrogens is 5. The van der Waals surface area contributed by atoms with Gasteiger partial charge in [0, 0.05) is 23.1 Å². The third-order valence-corrected chi connectivity index (χ3v) is 3.36. The summed E-state index contributed by atoms with van der Waals surface area (Å²) in [5.41, 5.74) is 2.28. The number of carbonyl (C=O) groups is 1. The average molecular weight is 317 g/mol. The first kappa shape index (κ1) is 14.4. The molecule has 0 spiro atoms. The average Bonchev–Trinajstić information content (AvgIpc) is 2.88. The van der Waals surface area contributed by atoms with E-state index in [0.29, 0.717) is 17.2 Å². The quantitative estimate of drug-likeness (QED) is 0.744. The van der Waals surface area contributed by atoms with Gasteiger partial charge in [-0.1, -0.05) is 11.6 Å². The van der Waals surface area contributed by atoms with Gasteiger partial charge in [-0.3, -0.25) is 9.20 Å². The molecule has 3 heterocycles. The summed E-state index contributed by atoms with van der Waals surface area (Å²) >= 11 is 5.78. The Labute approximate surface area is 131 Å². The van der Waals surface area contributed by atoms with Gasteiger partial charge in [0.1, 0.15) is 5.15 Å². The molecule has 0 aliphatic carbocycles. The van der Waals surface area contributed by atoms with E-state index in [1.807, 2.05) is 24.3 Å². The number of halogens is 1. The molecule has 0 bridgehead atoms. The largest absolute Gasteiger partial charge is 0.345 e. The maximum absolute atomic E-state index is 12.1. The molecule has 8 heteroatoms. The lowest BCUT2D eigenvalue weighted by molar-refractivity contribution is 0.0949. The Balaban J connectivity index is 1.81. The number of nitrogens with one attached hydrogen (secondary N) is 1. The fraction of sp³-hybridized carbons (Fsp3) is 0.214. The van der Waals surface area contributed by atoms with Crippen molar-refractivity contribution >= 4 is 23.3 Å². The highest BCUT2D eigenvalue weighted by Crippen LogP contribution is 2.09. The SMILES string of the molecule is Cc1cc(C)n2c(CNC(=O)c3ccnc(Cl)c3)nnc2n1. The van der Waals surface area contributed by atoms with Gasteiger partial charge < -0.3 is 5.32 Å². The molecule has 0 fully saturated rings. The summed E-state index contributed by atoms with van der Waals surface area (Å²) < 4.78 is 1.81. The van der Waals surface area contributed by atoms with Crippen LogP contribution in [-0.4, -0.2) is 30.5 Å². The van der Waals surface area contributed by atoms with Gasteiger partial charge in [-0.05, 0) is 32.0 Å². The van der Waals surface area contributed by atoms with Crippen molar-refractivity contribution in [2.24, 2.45) is 0 Å². The van der Waals surface area contributed by atoms with Crippen molar-refractivity contribution in [3.05, 3.63) is 52.3 Å². The lowest BCUT2D eigenvalue weighted by Gasteiger charge is -2.06. The third-order valence-electron chi connectivity index (χ3n) is 3.16. The summed E-state index contributed by atoms with van der Waals surface area (Å²) in [6.45, 7) is 4.08. The number of hydrogen-bond donors (Lipinski definition) is 1. The number of nitrogens with zero attached hydrogens (tertiary/aromatic N) is 5. The van der Waals surface area contributed by atoms with Gasteiger partial charge in [0.2, 0.25) is 0 Å². The van der Waals surface area contributed by atoms with Gasteiger partial charge in [0.15, 0.2) is 5.82 Å². The molecular formula is C14H13ClN6O. The van der Waals surface area contributed by atoms with Gasteiger partial charge in [-0.15, -0.1) is 10.2 Å². The first-order valence-corrected chi connectivity index (χ1v) is 7.00. The van der Waals surface area contributed by atoms with Crippen molar-refractivity contribution in [3.63, 3.8) is 0 Å². The van der Waals surface area contributed by atoms with Crippen LogP contribution in [0.4, 0.5) is 0 Å². The molecular weight excluding hydrogens is 304 g/mol. The number of carbonyl (C=O) groups excluding carboxylic acids is 1. The van der Waals surface area contributed by atoms with Gasteiger partial charge in [-0.25, -0.2) is 9.97 Å². The maximum Gasteiger partial charge on any atom is 0.255 e. The standard InChI is InChI=1S/C14H13ClN6O/c1-8-5-9(2)21-12(19-20-14(21)18-8)7-17-13(22)10-3-4-16-11(15)6-10/h3-6H,7H2,1-2H3,(H,17,22). The zero-order valence-electron chi connectivity index (χ0n) is 12.0. The van der Waals surface area contributed by atoms with E-state index in [4.69, 9.17) is 11.6 Å². The predicted octanol–water partition coefficient (Wildman–Crippen LogP) is 1.72. The number of fused-ring (bicyclic) bond motifs is 1. The second-order valence-electron chi connectivity index (χ2n) is 4.84. The molecule has 3 rings (SSSR count). The van der Waals surface area contributed by atoms with Gasteiger partial charge in [0.05, 0.1) is 6.54 Å². The molecule has 1 N–H and O–H groups in total. The van der Waals surface area contributed by atoms with Crippen molar-refractivity contribution in [1.82, 2.24) is 29.9 Å². The highest BCUT2D eigenvalue weighted by molar-refractivity contribution is 6.29. The number of pyridine rings is 1. The van der Waals surface area contributed by atoms with Crippen LogP contribution in [-0.2, 0) is 6.54 Å². The van der Waals surface area contributed by atoms with Gasteiger partial charge in [-0.2, -0.15) is 0 Å². The predicted molar refractivity (Wildman–Crippen MR) is 80.7 cm³/mol. The third kappa shape index (κ3) is 2.75. The fourth-order valence-corrected chi connectivity index (χ4v) is 2.39. The highest BCUT2D eigenvalue weighted by atomic mass is 35.5. The number of hydrogen-bond acceptors (Lipinski definition) is 5. The molecule has 1 amide bonds. The van der Waals surface area contributed by atoms with Crippen molar-refractivity contribution < 1.29 is 4.79 Å². The molecule has 0 aliphatic heterocycles. The van der Waals surface area contributed by atoms with Crippen LogP contribution in [0.25, 0.3) is 5.78 Å². The molecule has 3 aromatic heterocycles. The summed E-state index contributed by atoms with van der Waals surface area (Å²) in [7, 11) is 0. The van der Waals surface area contributed by atoms with Crippen molar-refractivity contribution in [2.45, 2.75) is 20.4 Å². The first-order valence-electron chi connectivity index (χ1n) is 6.62. The van der Waals surface area contributed by atoms with E-state index in [2.05, 4.69) is 25.5 Å². The monoisotopic (exact) mass is 316 g/mol. The zero-order valence-corrected chi connectivity index (χ0v) is 12.8. The molecule has 0 unspecified atom stereocenters. The van der Waals surface area contributed by atoms with Gasteiger partial charge >= 0.3 is 0 Å². The Morgan fingerprint density at radius 1 is 1.32 bits per heavy atom. The van der Waals surface area contributed by atoms with Crippen LogP contribution in [0.1, 0.15) is 27.6 Å². The van der Waals surface area contributed by atoms with E-state index in [-0.39, 0.29) is 17.6 Å². The highest BCUT2D eigenvalue weighted by Gasteiger charge is 2.12. The van der Waals surface area contributed by atoms with Crippen molar-refractivity contribution in [2.75, 3.05) is 0 Å². The van der Waals surface area contributed by atoms with Crippen LogP contribution in [0.3, 0.4) is 0 Å². The minimum Gasteiger partial charge on any atom is -0.345 e. The Bertz CT molecular complexity index is 860. The number of amides is 1. The summed E-state index contributed by atoms with van der Waals surface area (Å²) in [4.78, 5) is 20.2. The summed E-state index contributed by atoms with van der Waals surface area (Å²) in [6, 6.07) is 5.04. The lowest BCUT2D eigenvalue weighted by Crippen LogP contribution is -2.24. The van der Waals surface area contributed by atoms with Crippen molar-refractivity contribution in [1.29, 1.82) is 0 Å². The summed E-state index contributed by atoms with van der Waals surface area (Å²) in [5, 5.41) is 11.2. The van der Waals surface area contributed by atoms with E-state index in [0.717, 1.165) is 11.4 Å². The Hall–Kier alpha value is -2.54. The Morgan fingerprint density at radius 3 is 2.91 bits per heavy atom. The Morgan fingerprint density at radius 2 is 2.14 bits per heavy atom. The molecule has 3 aromatic rings. The summed E-state index contributed by atoms with van der Waals surface area (Å²) in [6.07, 6.45) is 1.49. The molecule has 0 aromatic carbocycles. The van der Waals surface area contributed by atoms with Crippen molar-refractivity contribution in [3.8, 4) is 0 Å². The molecule has 112 valence electrons. The summed E-state index contributed by atoms with van der Waals surface area (Å²) in [5.74, 6) is 0.890. The van der Waals surface area contributed by atoms with Gasteiger partial charge in [0.25, 0.3) is 11.7 Å². The molecule has 0 aliphatic rings. The number of aryl methyl sites for hydroxylation is 2. The zero-order chi connectivity index (χ0) is 15.7. The van der Waals surface area contributed by atoms with Crippen LogP contribution in [0.5, 0.6) is 0 Å². The minimum atomic E-state index is -0.251. The molecule has 0 saturated carbocycles. The van der Waals surface area contributed by atoms with Crippen LogP contribution in [0.2, 0.25) is 5.15 Å². The van der Waals surface area contributed by atoms with Crippen LogP contribution in [0.15, 0.2) is 24.4 Å². The van der Waals surface area contributed by atoms with E-state index in [9.17, 15) is 4.79 Å². The number of rotatable bonds is 3. The topological polar surface area (TPSA) is 85.1 Å². The molecule has 22 heavy (non-hydrogen) atoms. The Kier molecular flexibility index (Phi) is 3.72. The second-order valence-corrected chi connectivity index (χ2v) is 5.23. The molecule has 0 saturated heterocycles. The van der Waals surface area contributed by atoms with Crippen LogP contribution >= 0.6 is 11.6 Å². The van der Waals surface area contributed by atoms with Crippen LogP contribution < -0.4 is 5.32 Å². The smallest absolute Gasteiger partial charge is 0.255 e. The first-order chi connectivity index (χ1) is 10.5. The minimum absolute atomic E-state index is 0.242. The molecule has 0 atom stereocenters. The van der Waals surface area contributed by atoms with E-state index in [1.54, 1.807) is 6.07 Å². The van der Waals surface area contributed by atoms with E-state index < -0.39 is 0 Å². The molecule has 7 nitrogen and oxygen atoms in total. The van der Waals surface area contributed by atoms with E-state index in [1.165, 1.54) is 12.3 Å². The maximum atomic E-state index is 12.1. The molecule has 0 radical (unpaired) electrons.